The number of rotatable bonds is 3. The van der Waals surface area contributed by atoms with Gasteiger partial charge in [0.05, 0.1) is 4.88 Å². The van der Waals surface area contributed by atoms with Gasteiger partial charge in [-0.15, -0.1) is 11.3 Å². The lowest BCUT2D eigenvalue weighted by molar-refractivity contribution is 0.0790. The van der Waals surface area contributed by atoms with Crippen LogP contribution < -0.4 is 0 Å². The number of nitrogens with zero attached hydrogens (tertiary/aromatic N) is 1. The highest BCUT2D eigenvalue weighted by atomic mass is 35.5. The van der Waals surface area contributed by atoms with Crippen LogP contribution in [0.5, 0.6) is 0 Å². The van der Waals surface area contributed by atoms with Crippen molar-refractivity contribution < 1.29 is 9.18 Å². The molecular weight excluding hydrogens is 321 g/mol. The highest BCUT2D eigenvalue weighted by Gasteiger charge is 2.17. The SMILES string of the molecule is CN(Cc1ccccc1Cl)C(=O)c1cc2c(F)cccc2s1. The average Bonchev–Trinajstić information content (AvgIpc) is 2.94. The Morgan fingerprint density at radius 2 is 2.00 bits per heavy atom. The Labute approximate surface area is 136 Å². The minimum atomic E-state index is -0.304. The summed E-state index contributed by atoms with van der Waals surface area (Å²) >= 11 is 7.42. The van der Waals surface area contributed by atoms with Crippen molar-refractivity contribution >= 4 is 38.9 Å². The number of hydrogen-bond acceptors (Lipinski definition) is 2. The molecule has 0 bridgehead atoms. The molecule has 1 heterocycles. The van der Waals surface area contributed by atoms with Crippen LogP contribution in [0.25, 0.3) is 10.1 Å². The van der Waals surface area contributed by atoms with Crippen LogP contribution in [0.1, 0.15) is 15.2 Å². The standard InChI is InChI=1S/C17H13ClFNOS/c1-20(10-11-5-2-3-6-13(11)18)17(21)16-9-12-14(19)7-4-8-15(12)22-16/h2-9H,10H2,1H3. The third kappa shape index (κ3) is 2.85. The van der Waals surface area contributed by atoms with Crippen molar-refractivity contribution in [1.29, 1.82) is 0 Å². The van der Waals surface area contributed by atoms with Gasteiger partial charge in [-0.05, 0) is 29.8 Å². The van der Waals surface area contributed by atoms with E-state index in [0.717, 1.165) is 10.3 Å². The number of thiophene rings is 1. The van der Waals surface area contributed by atoms with Crippen molar-refractivity contribution in [1.82, 2.24) is 4.90 Å². The summed E-state index contributed by atoms with van der Waals surface area (Å²) in [6.45, 7) is 0.412. The Morgan fingerprint density at radius 3 is 2.73 bits per heavy atom. The smallest absolute Gasteiger partial charge is 0.264 e. The van der Waals surface area contributed by atoms with Gasteiger partial charge in [0.2, 0.25) is 0 Å². The van der Waals surface area contributed by atoms with E-state index >= 15 is 0 Å². The molecule has 2 aromatic carbocycles. The fourth-order valence-corrected chi connectivity index (χ4v) is 3.54. The lowest BCUT2D eigenvalue weighted by Crippen LogP contribution is -2.25. The summed E-state index contributed by atoms with van der Waals surface area (Å²) in [6, 6.07) is 13.9. The molecule has 5 heteroatoms. The Bertz CT molecular complexity index is 846. The number of halogens is 2. The third-order valence-electron chi connectivity index (χ3n) is 3.43. The summed E-state index contributed by atoms with van der Waals surface area (Å²) in [5, 5.41) is 1.12. The second-order valence-corrected chi connectivity index (χ2v) is 6.51. The third-order valence-corrected chi connectivity index (χ3v) is 4.89. The van der Waals surface area contributed by atoms with E-state index < -0.39 is 0 Å². The van der Waals surface area contributed by atoms with E-state index in [1.807, 2.05) is 24.3 Å². The normalized spacial score (nSPS) is 10.9. The number of carbonyl (C=O) groups excluding carboxylic acids is 1. The fourth-order valence-electron chi connectivity index (χ4n) is 2.27. The number of hydrogen-bond donors (Lipinski definition) is 0. The summed E-state index contributed by atoms with van der Waals surface area (Å²) in [7, 11) is 1.71. The molecule has 0 aliphatic carbocycles. The van der Waals surface area contributed by atoms with E-state index in [2.05, 4.69) is 0 Å². The van der Waals surface area contributed by atoms with Crippen LogP contribution in [-0.2, 0) is 6.54 Å². The van der Waals surface area contributed by atoms with Crippen molar-refractivity contribution in [3.8, 4) is 0 Å². The number of carbonyl (C=O) groups is 1. The van der Waals surface area contributed by atoms with Crippen LogP contribution in [0.4, 0.5) is 4.39 Å². The molecule has 0 saturated heterocycles. The Balaban J connectivity index is 1.86. The minimum Gasteiger partial charge on any atom is -0.337 e. The highest BCUT2D eigenvalue weighted by molar-refractivity contribution is 7.20. The second-order valence-electron chi connectivity index (χ2n) is 5.01. The zero-order valence-corrected chi connectivity index (χ0v) is 13.4. The average molecular weight is 334 g/mol. The molecule has 0 atom stereocenters. The predicted molar refractivity (Wildman–Crippen MR) is 89.0 cm³/mol. The molecule has 22 heavy (non-hydrogen) atoms. The molecule has 0 saturated carbocycles. The molecule has 3 aromatic rings. The van der Waals surface area contributed by atoms with Gasteiger partial charge in [-0.2, -0.15) is 0 Å². The number of amides is 1. The van der Waals surface area contributed by atoms with Gasteiger partial charge in [-0.1, -0.05) is 35.9 Å². The molecular formula is C17H13ClFNOS. The van der Waals surface area contributed by atoms with Crippen LogP contribution in [-0.4, -0.2) is 17.9 Å². The van der Waals surface area contributed by atoms with Crippen molar-refractivity contribution in [3.05, 3.63) is 69.8 Å². The van der Waals surface area contributed by atoms with Crippen LogP contribution >= 0.6 is 22.9 Å². The van der Waals surface area contributed by atoms with E-state index in [9.17, 15) is 9.18 Å². The first-order chi connectivity index (χ1) is 10.6. The Kier molecular flexibility index (Phi) is 4.14. The molecule has 2 nitrogen and oxygen atoms in total. The van der Waals surface area contributed by atoms with E-state index in [4.69, 9.17) is 11.6 Å². The maximum atomic E-state index is 13.7. The molecule has 0 spiro atoms. The van der Waals surface area contributed by atoms with Crippen molar-refractivity contribution in [2.24, 2.45) is 0 Å². The molecule has 0 N–H and O–H groups in total. The van der Waals surface area contributed by atoms with Crippen LogP contribution in [0.2, 0.25) is 5.02 Å². The highest BCUT2D eigenvalue weighted by Crippen LogP contribution is 2.28. The lowest BCUT2D eigenvalue weighted by atomic mass is 10.2. The van der Waals surface area contributed by atoms with Crippen molar-refractivity contribution in [3.63, 3.8) is 0 Å². The molecule has 3 rings (SSSR count). The van der Waals surface area contributed by atoms with Crippen molar-refractivity contribution in [2.45, 2.75) is 6.54 Å². The summed E-state index contributed by atoms with van der Waals surface area (Å²) < 4.78 is 14.5. The van der Waals surface area contributed by atoms with Gasteiger partial charge in [-0.25, -0.2) is 4.39 Å². The fraction of sp³-hybridized carbons (Fsp3) is 0.118. The van der Waals surface area contributed by atoms with Gasteiger partial charge < -0.3 is 4.90 Å². The van der Waals surface area contributed by atoms with Gasteiger partial charge in [0, 0.05) is 28.7 Å². The largest absolute Gasteiger partial charge is 0.337 e. The Hall–Kier alpha value is -1.91. The molecule has 112 valence electrons. The second kappa shape index (κ2) is 6.07. The van der Waals surface area contributed by atoms with Gasteiger partial charge >= 0.3 is 0 Å². The maximum absolute atomic E-state index is 13.7. The molecule has 0 aliphatic heterocycles. The summed E-state index contributed by atoms with van der Waals surface area (Å²) in [5.74, 6) is -0.443. The van der Waals surface area contributed by atoms with E-state index in [0.29, 0.717) is 21.8 Å². The zero-order valence-electron chi connectivity index (χ0n) is 11.8. The van der Waals surface area contributed by atoms with Crippen LogP contribution in [0.3, 0.4) is 0 Å². The summed E-state index contributed by atoms with van der Waals surface area (Å²) in [5.41, 5.74) is 0.882. The lowest BCUT2D eigenvalue weighted by Gasteiger charge is -2.17. The molecule has 0 aliphatic rings. The quantitative estimate of drug-likeness (QED) is 0.663. The minimum absolute atomic E-state index is 0.138. The number of benzene rings is 2. The molecule has 0 radical (unpaired) electrons. The molecule has 1 aromatic heterocycles. The summed E-state index contributed by atoms with van der Waals surface area (Å²) in [6.07, 6.45) is 0. The van der Waals surface area contributed by atoms with Crippen molar-refractivity contribution in [2.75, 3.05) is 7.05 Å². The Morgan fingerprint density at radius 1 is 1.23 bits per heavy atom. The van der Waals surface area contributed by atoms with Gasteiger partial charge in [0.25, 0.3) is 5.91 Å². The first-order valence-corrected chi connectivity index (χ1v) is 7.92. The number of fused-ring (bicyclic) bond motifs is 1. The molecule has 1 amide bonds. The monoisotopic (exact) mass is 333 g/mol. The van der Waals surface area contributed by atoms with Crippen LogP contribution in [0.15, 0.2) is 48.5 Å². The first kappa shape index (κ1) is 15.0. The summed E-state index contributed by atoms with van der Waals surface area (Å²) in [4.78, 5) is 14.6. The van der Waals surface area contributed by atoms with E-state index in [-0.39, 0.29) is 11.7 Å². The van der Waals surface area contributed by atoms with Gasteiger partial charge in [0.1, 0.15) is 5.82 Å². The maximum Gasteiger partial charge on any atom is 0.264 e. The van der Waals surface area contributed by atoms with Gasteiger partial charge in [0.15, 0.2) is 0 Å². The van der Waals surface area contributed by atoms with Crippen LogP contribution in [0, 0.1) is 5.82 Å². The molecule has 0 fully saturated rings. The first-order valence-electron chi connectivity index (χ1n) is 6.73. The van der Waals surface area contributed by atoms with E-state index in [1.165, 1.54) is 17.4 Å². The van der Waals surface area contributed by atoms with Gasteiger partial charge in [-0.3, -0.25) is 4.79 Å². The van der Waals surface area contributed by atoms with E-state index in [1.54, 1.807) is 30.1 Å². The zero-order chi connectivity index (χ0) is 15.7. The topological polar surface area (TPSA) is 20.3 Å². The molecule has 0 unspecified atom stereocenters. The predicted octanol–water partition coefficient (Wildman–Crippen LogP) is 4.97.